The lowest BCUT2D eigenvalue weighted by molar-refractivity contribution is 0.102. The monoisotopic (exact) mass is 205 g/mol. The molecule has 0 fully saturated rings. The normalized spacial score (nSPS) is 10.6. The molecule has 5 nitrogen and oxygen atoms in total. The summed E-state index contributed by atoms with van der Waals surface area (Å²) in [5, 5.41) is 7.65. The molecule has 2 heterocycles. The number of aromatic nitrogens is 3. The molecule has 2 rings (SSSR count). The highest BCUT2D eigenvalue weighted by Gasteiger charge is 2.17. The average molecular weight is 205 g/mol. The van der Waals surface area contributed by atoms with Crippen LogP contribution in [0, 0.1) is 13.8 Å². The molecule has 2 aromatic rings. The van der Waals surface area contributed by atoms with E-state index in [9.17, 15) is 4.79 Å². The molecular weight excluding hydrogens is 194 g/mol. The first-order valence-corrected chi connectivity index (χ1v) is 4.55. The average Bonchev–Trinajstić information content (AvgIpc) is 2.75. The van der Waals surface area contributed by atoms with Gasteiger partial charge in [-0.25, -0.2) is 0 Å². The molecule has 0 aliphatic carbocycles. The lowest BCUT2D eigenvalue weighted by Gasteiger charge is -1.97. The van der Waals surface area contributed by atoms with Crippen molar-refractivity contribution in [3.05, 3.63) is 35.3 Å². The molecule has 5 heteroatoms. The number of carbonyl (C=O) groups is 1. The third-order valence-corrected chi connectivity index (χ3v) is 2.29. The minimum Gasteiger partial charge on any atom is -0.469 e. The fourth-order valence-electron chi connectivity index (χ4n) is 1.30. The van der Waals surface area contributed by atoms with Gasteiger partial charge in [0.05, 0.1) is 5.56 Å². The molecule has 0 aliphatic rings. The molecule has 0 atom stereocenters. The summed E-state index contributed by atoms with van der Waals surface area (Å²) in [7, 11) is 1.76. The summed E-state index contributed by atoms with van der Waals surface area (Å²) in [5.41, 5.74) is 0.503. The van der Waals surface area contributed by atoms with Crippen molar-refractivity contribution in [2.24, 2.45) is 7.05 Å². The number of hydrogen-bond acceptors (Lipinski definition) is 4. The third kappa shape index (κ3) is 1.56. The number of nitrogens with zero attached hydrogens (tertiary/aromatic N) is 3. The molecule has 15 heavy (non-hydrogen) atoms. The molecule has 0 N–H and O–H groups in total. The van der Waals surface area contributed by atoms with Crippen LogP contribution in [0.5, 0.6) is 0 Å². The second kappa shape index (κ2) is 3.34. The topological polar surface area (TPSA) is 60.9 Å². The highest BCUT2D eigenvalue weighted by molar-refractivity contribution is 6.06. The van der Waals surface area contributed by atoms with E-state index in [-0.39, 0.29) is 5.78 Å². The molecule has 2 aromatic heterocycles. The third-order valence-electron chi connectivity index (χ3n) is 2.29. The molecule has 0 radical (unpaired) electrons. The van der Waals surface area contributed by atoms with Gasteiger partial charge in [0.25, 0.3) is 0 Å². The Bertz CT molecular complexity index is 510. The Morgan fingerprint density at radius 2 is 2.13 bits per heavy atom. The van der Waals surface area contributed by atoms with E-state index in [2.05, 4.69) is 10.2 Å². The molecule has 0 aliphatic heterocycles. The van der Waals surface area contributed by atoms with Crippen molar-refractivity contribution in [2.75, 3.05) is 0 Å². The summed E-state index contributed by atoms with van der Waals surface area (Å²) in [6, 6.07) is 1.69. The van der Waals surface area contributed by atoms with Gasteiger partial charge in [0.15, 0.2) is 0 Å². The van der Waals surface area contributed by atoms with Gasteiger partial charge >= 0.3 is 0 Å². The van der Waals surface area contributed by atoms with E-state index in [0.717, 1.165) is 0 Å². The highest BCUT2D eigenvalue weighted by Crippen LogP contribution is 2.11. The van der Waals surface area contributed by atoms with Gasteiger partial charge < -0.3 is 8.98 Å². The van der Waals surface area contributed by atoms with Crippen molar-refractivity contribution in [1.82, 2.24) is 14.8 Å². The van der Waals surface area contributed by atoms with Gasteiger partial charge in [0, 0.05) is 7.05 Å². The van der Waals surface area contributed by atoms with Crippen LogP contribution in [0.4, 0.5) is 0 Å². The molecular formula is C10H11N3O2. The Hall–Kier alpha value is -1.91. The predicted octanol–water partition coefficient (Wildman–Crippen LogP) is 1.26. The van der Waals surface area contributed by atoms with Crippen LogP contribution < -0.4 is 0 Å². The van der Waals surface area contributed by atoms with Gasteiger partial charge in [0.2, 0.25) is 11.6 Å². The summed E-state index contributed by atoms with van der Waals surface area (Å²) in [5.74, 6) is 1.57. The van der Waals surface area contributed by atoms with Crippen molar-refractivity contribution in [3.8, 4) is 0 Å². The van der Waals surface area contributed by atoms with Crippen molar-refractivity contribution >= 4 is 5.78 Å². The number of carbonyl (C=O) groups excluding carboxylic acids is 1. The van der Waals surface area contributed by atoms with Crippen molar-refractivity contribution in [2.45, 2.75) is 13.8 Å². The van der Waals surface area contributed by atoms with Crippen LogP contribution in [0.2, 0.25) is 0 Å². The van der Waals surface area contributed by atoms with Crippen molar-refractivity contribution in [1.29, 1.82) is 0 Å². The largest absolute Gasteiger partial charge is 0.469 e. The minimum atomic E-state index is -0.171. The lowest BCUT2D eigenvalue weighted by atomic mass is 10.2. The van der Waals surface area contributed by atoms with E-state index in [1.165, 1.54) is 6.26 Å². The van der Waals surface area contributed by atoms with E-state index in [4.69, 9.17) is 4.42 Å². The second-order valence-corrected chi connectivity index (χ2v) is 3.40. The summed E-state index contributed by atoms with van der Waals surface area (Å²) in [6.45, 7) is 3.59. The molecule has 0 unspecified atom stereocenters. The number of ketones is 1. The first kappa shape index (κ1) is 9.64. The summed E-state index contributed by atoms with van der Waals surface area (Å²) in [6.07, 6.45) is 1.43. The van der Waals surface area contributed by atoms with Gasteiger partial charge in [-0.2, -0.15) is 0 Å². The first-order valence-electron chi connectivity index (χ1n) is 4.55. The predicted molar refractivity (Wildman–Crippen MR) is 52.6 cm³/mol. The Morgan fingerprint density at radius 1 is 1.40 bits per heavy atom. The maximum atomic E-state index is 11.9. The van der Waals surface area contributed by atoms with Crippen LogP contribution in [0.1, 0.15) is 27.8 Å². The van der Waals surface area contributed by atoms with Gasteiger partial charge in [0.1, 0.15) is 17.8 Å². The molecule has 0 spiro atoms. The van der Waals surface area contributed by atoms with E-state index in [1.54, 1.807) is 31.5 Å². The Morgan fingerprint density at radius 3 is 2.60 bits per heavy atom. The Balaban J connectivity index is 2.41. The molecule has 0 aromatic carbocycles. The zero-order chi connectivity index (χ0) is 11.0. The van der Waals surface area contributed by atoms with Crippen molar-refractivity contribution < 1.29 is 9.21 Å². The number of rotatable bonds is 2. The SMILES string of the molecule is Cc1cc(C(=O)c2nnc(C)n2C)co1. The highest BCUT2D eigenvalue weighted by atomic mass is 16.3. The number of furan rings is 1. The van der Waals surface area contributed by atoms with Crippen LogP contribution in [0.3, 0.4) is 0 Å². The van der Waals surface area contributed by atoms with Gasteiger partial charge in [-0.1, -0.05) is 0 Å². The molecule has 0 saturated heterocycles. The number of aryl methyl sites for hydroxylation is 2. The first-order chi connectivity index (χ1) is 7.09. The molecule has 0 amide bonds. The van der Waals surface area contributed by atoms with Crippen LogP contribution in [-0.2, 0) is 7.05 Å². The van der Waals surface area contributed by atoms with Gasteiger partial charge in [-0.05, 0) is 19.9 Å². The Kier molecular flexibility index (Phi) is 2.15. The van der Waals surface area contributed by atoms with E-state index in [0.29, 0.717) is 23.0 Å². The van der Waals surface area contributed by atoms with E-state index in [1.807, 2.05) is 0 Å². The minimum absolute atomic E-state index is 0.171. The number of hydrogen-bond donors (Lipinski definition) is 0. The zero-order valence-electron chi connectivity index (χ0n) is 8.81. The maximum Gasteiger partial charge on any atom is 0.233 e. The lowest BCUT2D eigenvalue weighted by Crippen LogP contribution is -2.08. The second-order valence-electron chi connectivity index (χ2n) is 3.40. The van der Waals surface area contributed by atoms with E-state index >= 15 is 0 Å². The molecule has 0 saturated carbocycles. The fourth-order valence-corrected chi connectivity index (χ4v) is 1.30. The van der Waals surface area contributed by atoms with Crippen LogP contribution in [0.15, 0.2) is 16.7 Å². The summed E-state index contributed by atoms with van der Waals surface area (Å²) >= 11 is 0. The smallest absolute Gasteiger partial charge is 0.233 e. The summed E-state index contributed by atoms with van der Waals surface area (Å²) < 4.78 is 6.73. The fraction of sp³-hybridized carbons (Fsp3) is 0.300. The standard InChI is InChI=1S/C10H11N3O2/c1-6-4-8(5-15-6)9(14)10-12-11-7(2)13(10)3/h4-5H,1-3H3. The van der Waals surface area contributed by atoms with Crippen LogP contribution in [-0.4, -0.2) is 20.5 Å². The molecule has 78 valence electrons. The molecule has 0 bridgehead atoms. The van der Waals surface area contributed by atoms with Gasteiger partial charge in [-0.15, -0.1) is 10.2 Å². The van der Waals surface area contributed by atoms with E-state index < -0.39 is 0 Å². The van der Waals surface area contributed by atoms with Crippen molar-refractivity contribution in [3.63, 3.8) is 0 Å². The Labute approximate surface area is 86.7 Å². The zero-order valence-corrected chi connectivity index (χ0v) is 8.81. The van der Waals surface area contributed by atoms with Crippen LogP contribution in [0.25, 0.3) is 0 Å². The van der Waals surface area contributed by atoms with Crippen LogP contribution >= 0.6 is 0 Å². The quantitative estimate of drug-likeness (QED) is 0.692. The van der Waals surface area contributed by atoms with Gasteiger partial charge in [-0.3, -0.25) is 4.79 Å². The maximum absolute atomic E-state index is 11.9. The summed E-state index contributed by atoms with van der Waals surface area (Å²) in [4.78, 5) is 11.9.